The average Bonchev–Trinajstić information content (AvgIpc) is 2.71. The van der Waals surface area contributed by atoms with Gasteiger partial charge in [-0.3, -0.25) is 4.68 Å². The van der Waals surface area contributed by atoms with Crippen LogP contribution in [0.3, 0.4) is 0 Å². The fourth-order valence-electron chi connectivity index (χ4n) is 2.11. The van der Waals surface area contributed by atoms with Gasteiger partial charge in [-0.15, -0.1) is 0 Å². The summed E-state index contributed by atoms with van der Waals surface area (Å²) in [4.78, 5) is 0. The zero-order valence-electron chi connectivity index (χ0n) is 10.6. The van der Waals surface area contributed by atoms with E-state index in [0.29, 0.717) is 6.04 Å². The van der Waals surface area contributed by atoms with Crippen molar-refractivity contribution in [3.05, 3.63) is 11.9 Å². The summed E-state index contributed by atoms with van der Waals surface area (Å²) in [6.45, 7) is 8.21. The zero-order chi connectivity index (χ0) is 11.8. The maximum absolute atomic E-state index is 5.54. The molecule has 1 fully saturated rings. The van der Waals surface area contributed by atoms with Crippen molar-refractivity contribution in [3.8, 4) is 0 Å². The van der Waals surface area contributed by atoms with E-state index in [0.717, 1.165) is 31.0 Å². The van der Waals surface area contributed by atoms with E-state index >= 15 is 0 Å². The molecule has 0 spiro atoms. The molecule has 1 aliphatic rings. The number of nitrogens with zero attached hydrogens (tertiary/aromatic N) is 2. The molecule has 16 heavy (non-hydrogen) atoms. The van der Waals surface area contributed by atoms with Crippen LogP contribution >= 0.6 is 0 Å². The lowest BCUT2D eigenvalue weighted by Crippen LogP contribution is -2.34. The molecule has 1 N–H and O–H groups in total. The third-order valence-electron chi connectivity index (χ3n) is 3.27. The molecule has 0 aliphatic carbocycles. The third kappa shape index (κ3) is 2.07. The summed E-state index contributed by atoms with van der Waals surface area (Å²) in [6, 6.07) is 0.377. The SMILES string of the molecule is CCc1nn(C)cc1NC1COCC1(C)C. The van der Waals surface area contributed by atoms with Gasteiger partial charge in [-0.2, -0.15) is 5.10 Å². The molecule has 1 unspecified atom stereocenters. The van der Waals surface area contributed by atoms with Crippen molar-refractivity contribution in [2.24, 2.45) is 12.5 Å². The first-order chi connectivity index (χ1) is 7.53. The normalized spacial score (nSPS) is 23.6. The highest BCUT2D eigenvalue weighted by atomic mass is 16.5. The summed E-state index contributed by atoms with van der Waals surface area (Å²) >= 11 is 0. The van der Waals surface area contributed by atoms with Gasteiger partial charge >= 0.3 is 0 Å². The second-order valence-electron chi connectivity index (χ2n) is 5.22. The smallest absolute Gasteiger partial charge is 0.0853 e. The molecule has 1 atom stereocenters. The third-order valence-corrected chi connectivity index (χ3v) is 3.27. The first kappa shape index (κ1) is 11.5. The molecule has 0 saturated carbocycles. The lowest BCUT2D eigenvalue weighted by atomic mass is 9.88. The first-order valence-electron chi connectivity index (χ1n) is 5.89. The summed E-state index contributed by atoms with van der Waals surface area (Å²) in [5.41, 5.74) is 2.47. The van der Waals surface area contributed by atoms with Crippen LogP contribution in [0.2, 0.25) is 0 Å². The first-order valence-corrected chi connectivity index (χ1v) is 5.89. The van der Waals surface area contributed by atoms with Crippen LogP contribution in [-0.4, -0.2) is 29.0 Å². The summed E-state index contributed by atoms with van der Waals surface area (Å²) < 4.78 is 7.40. The Kier molecular flexibility index (Phi) is 2.93. The molecule has 1 saturated heterocycles. The highest BCUT2D eigenvalue weighted by molar-refractivity contribution is 5.47. The fraction of sp³-hybridized carbons (Fsp3) is 0.750. The Morgan fingerprint density at radius 1 is 1.62 bits per heavy atom. The topological polar surface area (TPSA) is 39.1 Å². The molecule has 2 heterocycles. The summed E-state index contributed by atoms with van der Waals surface area (Å²) in [5, 5.41) is 8.00. The number of anilines is 1. The van der Waals surface area contributed by atoms with Crippen molar-refractivity contribution in [1.82, 2.24) is 9.78 Å². The number of aromatic nitrogens is 2. The van der Waals surface area contributed by atoms with Crippen LogP contribution in [0.4, 0.5) is 5.69 Å². The molecule has 0 aromatic carbocycles. The van der Waals surface area contributed by atoms with Crippen LogP contribution in [0.25, 0.3) is 0 Å². The Morgan fingerprint density at radius 3 is 2.94 bits per heavy atom. The Morgan fingerprint density at radius 2 is 2.38 bits per heavy atom. The van der Waals surface area contributed by atoms with Gasteiger partial charge in [0, 0.05) is 18.7 Å². The second kappa shape index (κ2) is 4.09. The molecular formula is C12H21N3O. The Bertz CT molecular complexity index is 370. The molecule has 90 valence electrons. The van der Waals surface area contributed by atoms with Gasteiger partial charge in [0.05, 0.1) is 30.6 Å². The van der Waals surface area contributed by atoms with Crippen molar-refractivity contribution < 1.29 is 4.74 Å². The van der Waals surface area contributed by atoms with E-state index in [4.69, 9.17) is 4.74 Å². The standard InChI is InChI=1S/C12H21N3O/c1-5-9-10(6-15(4)14-9)13-11-7-16-8-12(11,2)3/h6,11,13H,5,7-8H2,1-4H3. The van der Waals surface area contributed by atoms with E-state index in [-0.39, 0.29) is 5.41 Å². The minimum atomic E-state index is 0.195. The number of nitrogens with one attached hydrogen (secondary N) is 1. The van der Waals surface area contributed by atoms with Crippen LogP contribution in [0.1, 0.15) is 26.5 Å². The molecule has 0 amide bonds. The molecule has 1 aromatic heterocycles. The van der Waals surface area contributed by atoms with Crippen molar-refractivity contribution in [3.63, 3.8) is 0 Å². The van der Waals surface area contributed by atoms with E-state index in [2.05, 4.69) is 31.2 Å². The quantitative estimate of drug-likeness (QED) is 0.849. The molecule has 4 heteroatoms. The van der Waals surface area contributed by atoms with Gasteiger partial charge in [0.25, 0.3) is 0 Å². The maximum Gasteiger partial charge on any atom is 0.0853 e. The average molecular weight is 223 g/mol. The van der Waals surface area contributed by atoms with Crippen molar-refractivity contribution in [1.29, 1.82) is 0 Å². The van der Waals surface area contributed by atoms with E-state index in [1.807, 2.05) is 17.9 Å². The number of aryl methyl sites for hydroxylation is 2. The van der Waals surface area contributed by atoms with Gasteiger partial charge < -0.3 is 10.1 Å². The molecule has 0 bridgehead atoms. The predicted octanol–water partition coefficient (Wildman–Crippen LogP) is 1.82. The van der Waals surface area contributed by atoms with E-state index in [9.17, 15) is 0 Å². The van der Waals surface area contributed by atoms with Crippen molar-refractivity contribution in [2.75, 3.05) is 18.5 Å². The summed E-state index contributed by atoms with van der Waals surface area (Å²) in [7, 11) is 1.96. The van der Waals surface area contributed by atoms with Crippen LogP contribution in [0.15, 0.2) is 6.20 Å². The molecule has 0 radical (unpaired) electrons. The van der Waals surface area contributed by atoms with E-state index in [1.54, 1.807) is 0 Å². The molecule has 2 rings (SSSR count). The van der Waals surface area contributed by atoms with Crippen molar-refractivity contribution >= 4 is 5.69 Å². The maximum atomic E-state index is 5.54. The predicted molar refractivity (Wildman–Crippen MR) is 64.6 cm³/mol. The molecule has 1 aliphatic heterocycles. The van der Waals surface area contributed by atoms with Crippen molar-refractivity contribution in [2.45, 2.75) is 33.2 Å². The fourth-order valence-corrected chi connectivity index (χ4v) is 2.11. The van der Waals surface area contributed by atoms with Crippen LogP contribution in [-0.2, 0) is 18.2 Å². The minimum Gasteiger partial charge on any atom is -0.379 e. The molecular weight excluding hydrogens is 202 g/mol. The zero-order valence-corrected chi connectivity index (χ0v) is 10.6. The highest BCUT2D eigenvalue weighted by Crippen LogP contribution is 2.30. The monoisotopic (exact) mass is 223 g/mol. The van der Waals surface area contributed by atoms with Crippen LogP contribution in [0.5, 0.6) is 0 Å². The van der Waals surface area contributed by atoms with E-state index < -0.39 is 0 Å². The minimum absolute atomic E-state index is 0.195. The van der Waals surface area contributed by atoms with Gasteiger partial charge in [0.1, 0.15) is 0 Å². The number of hydrogen-bond acceptors (Lipinski definition) is 3. The molecule has 4 nitrogen and oxygen atoms in total. The summed E-state index contributed by atoms with van der Waals surface area (Å²) in [5.74, 6) is 0. The van der Waals surface area contributed by atoms with Crippen LogP contribution < -0.4 is 5.32 Å². The lowest BCUT2D eigenvalue weighted by molar-refractivity contribution is 0.167. The van der Waals surface area contributed by atoms with Gasteiger partial charge in [0.2, 0.25) is 0 Å². The lowest BCUT2D eigenvalue weighted by Gasteiger charge is -2.26. The Labute approximate surface area is 97.0 Å². The van der Waals surface area contributed by atoms with Gasteiger partial charge in [-0.05, 0) is 6.42 Å². The number of rotatable bonds is 3. The van der Waals surface area contributed by atoms with Gasteiger partial charge in [0.15, 0.2) is 0 Å². The van der Waals surface area contributed by atoms with Gasteiger partial charge in [-0.25, -0.2) is 0 Å². The molecule has 1 aromatic rings. The second-order valence-corrected chi connectivity index (χ2v) is 5.22. The number of hydrogen-bond donors (Lipinski definition) is 1. The van der Waals surface area contributed by atoms with Gasteiger partial charge in [-0.1, -0.05) is 20.8 Å². The van der Waals surface area contributed by atoms with Crippen LogP contribution in [0, 0.1) is 5.41 Å². The largest absolute Gasteiger partial charge is 0.379 e. The van der Waals surface area contributed by atoms with E-state index in [1.165, 1.54) is 0 Å². The number of ether oxygens (including phenoxy) is 1. The highest BCUT2D eigenvalue weighted by Gasteiger charge is 2.36. The Balaban J connectivity index is 2.14. The summed E-state index contributed by atoms with van der Waals surface area (Å²) in [6.07, 6.45) is 3.00. The Hall–Kier alpha value is -1.03.